The van der Waals surface area contributed by atoms with Gasteiger partial charge in [0.25, 0.3) is 0 Å². The lowest BCUT2D eigenvalue weighted by atomic mass is 10.1. The molecule has 19 heavy (non-hydrogen) atoms. The van der Waals surface area contributed by atoms with Crippen LogP contribution in [0.3, 0.4) is 0 Å². The predicted molar refractivity (Wildman–Crippen MR) is 83.0 cm³/mol. The first-order valence-electron chi connectivity index (χ1n) is 6.05. The van der Waals surface area contributed by atoms with Gasteiger partial charge in [0.15, 0.2) is 0 Å². The fourth-order valence-electron chi connectivity index (χ4n) is 1.78. The lowest BCUT2D eigenvalue weighted by molar-refractivity contribution is 0.627. The first-order valence-corrected chi connectivity index (χ1v) is 7.51. The molecule has 0 fully saturated rings. The predicted octanol–water partition coefficient (Wildman–Crippen LogP) is 4.42. The number of hydrogen-bond acceptors (Lipinski definition) is 2. The van der Waals surface area contributed by atoms with Gasteiger partial charge in [0, 0.05) is 6.42 Å². The summed E-state index contributed by atoms with van der Waals surface area (Å²) in [6, 6.07) is 6.36. The van der Waals surface area contributed by atoms with Crippen molar-refractivity contribution in [3.63, 3.8) is 0 Å². The van der Waals surface area contributed by atoms with Gasteiger partial charge in [-0.1, -0.05) is 37.1 Å². The fraction of sp³-hybridized carbons (Fsp3) is 0.286. The van der Waals surface area contributed by atoms with Crippen molar-refractivity contribution in [2.45, 2.75) is 26.2 Å². The molecule has 0 saturated carbocycles. The molecule has 0 radical (unpaired) electrons. The number of aryl methyl sites for hydroxylation is 1. The molecule has 2 aromatic rings. The van der Waals surface area contributed by atoms with Gasteiger partial charge in [-0.2, -0.15) is 0 Å². The smallest absolute Gasteiger partial charge is 0.146 e. The molecule has 5 heteroatoms. The second kappa shape index (κ2) is 6.61. The molecule has 2 nitrogen and oxygen atoms in total. The molecule has 0 bridgehead atoms. The highest BCUT2D eigenvalue weighted by Gasteiger charge is 2.10. The minimum Gasteiger partial charge on any atom is -0.236 e. The van der Waals surface area contributed by atoms with E-state index in [4.69, 9.17) is 11.6 Å². The number of halogens is 3. The molecule has 0 saturated heterocycles. The van der Waals surface area contributed by atoms with E-state index >= 15 is 0 Å². The first kappa shape index (κ1) is 14.7. The summed E-state index contributed by atoms with van der Waals surface area (Å²) in [5.41, 5.74) is 1.96. The van der Waals surface area contributed by atoms with E-state index in [9.17, 15) is 4.39 Å². The van der Waals surface area contributed by atoms with Crippen LogP contribution in [-0.4, -0.2) is 9.97 Å². The van der Waals surface area contributed by atoms with E-state index in [0.29, 0.717) is 17.4 Å². The molecule has 100 valence electrons. The van der Waals surface area contributed by atoms with Crippen LogP contribution in [0.2, 0.25) is 5.15 Å². The highest BCUT2D eigenvalue weighted by molar-refractivity contribution is 14.1. The fourth-order valence-corrected chi connectivity index (χ4v) is 2.50. The maximum Gasteiger partial charge on any atom is 0.146 e. The lowest BCUT2D eigenvalue weighted by Gasteiger charge is -2.07. The Bertz CT molecular complexity index is 572. The van der Waals surface area contributed by atoms with Crippen LogP contribution in [0.1, 0.15) is 30.4 Å². The van der Waals surface area contributed by atoms with Crippen molar-refractivity contribution >= 4 is 34.2 Å². The molecular formula is C14H13ClFIN2. The van der Waals surface area contributed by atoms with E-state index in [1.807, 2.05) is 0 Å². The Morgan fingerprint density at radius 3 is 2.53 bits per heavy atom. The summed E-state index contributed by atoms with van der Waals surface area (Å²) in [6.45, 7) is 2.10. The summed E-state index contributed by atoms with van der Waals surface area (Å²) in [5, 5.41) is 0.496. The van der Waals surface area contributed by atoms with Crippen molar-refractivity contribution in [2.75, 3.05) is 0 Å². The van der Waals surface area contributed by atoms with Crippen LogP contribution in [0.5, 0.6) is 0 Å². The van der Waals surface area contributed by atoms with Crippen LogP contribution >= 0.6 is 34.2 Å². The van der Waals surface area contributed by atoms with E-state index < -0.39 is 0 Å². The second-order valence-electron chi connectivity index (χ2n) is 4.24. The molecule has 2 rings (SSSR count). The largest absolute Gasteiger partial charge is 0.236 e. The summed E-state index contributed by atoms with van der Waals surface area (Å²) in [7, 11) is 0. The van der Waals surface area contributed by atoms with Gasteiger partial charge in [-0.3, -0.25) is 0 Å². The average Bonchev–Trinajstić information content (AvgIpc) is 2.38. The van der Waals surface area contributed by atoms with Crippen molar-refractivity contribution in [1.82, 2.24) is 9.97 Å². The van der Waals surface area contributed by atoms with Crippen LogP contribution in [0.25, 0.3) is 0 Å². The Labute approximate surface area is 130 Å². The number of hydrogen-bond donors (Lipinski definition) is 0. The summed E-state index contributed by atoms with van der Waals surface area (Å²) in [5.74, 6) is 0.442. The van der Waals surface area contributed by atoms with Crippen molar-refractivity contribution in [1.29, 1.82) is 0 Å². The zero-order valence-electron chi connectivity index (χ0n) is 10.5. The maximum atomic E-state index is 12.9. The van der Waals surface area contributed by atoms with Crippen LogP contribution in [0, 0.1) is 9.39 Å². The van der Waals surface area contributed by atoms with Crippen molar-refractivity contribution in [2.24, 2.45) is 0 Å². The van der Waals surface area contributed by atoms with Crippen LogP contribution in [0.15, 0.2) is 24.3 Å². The van der Waals surface area contributed by atoms with Gasteiger partial charge in [-0.05, 0) is 46.7 Å². The third kappa shape index (κ3) is 3.86. The summed E-state index contributed by atoms with van der Waals surface area (Å²) in [4.78, 5) is 8.83. The summed E-state index contributed by atoms with van der Waals surface area (Å²) in [6.07, 6.45) is 2.46. The SMILES string of the molecule is CCCc1nc(Cc2ccc(F)cc2)nc(Cl)c1I. The second-order valence-corrected chi connectivity index (χ2v) is 5.68. The van der Waals surface area contributed by atoms with E-state index in [2.05, 4.69) is 39.5 Å². The number of rotatable bonds is 4. The maximum absolute atomic E-state index is 12.9. The van der Waals surface area contributed by atoms with Gasteiger partial charge in [0.2, 0.25) is 0 Å². The molecular weight excluding hydrogens is 378 g/mol. The third-order valence-corrected chi connectivity index (χ3v) is 4.41. The van der Waals surface area contributed by atoms with E-state index in [1.54, 1.807) is 12.1 Å². The van der Waals surface area contributed by atoms with E-state index in [0.717, 1.165) is 27.7 Å². The first-order chi connectivity index (χ1) is 9.10. The van der Waals surface area contributed by atoms with Crippen molar-refractivity contribution in [3.8, 4) is 0 Å². The highest BCUT2D eigenvalue weighted by Crippen LogP contribution is 2.21. The Morgan fingerprint density at radius 2 is 1.89 bits per heavy atom. The standard InChI is InChI=1S/C14H13ClFIN2/c1-2-3-11-13(17)14(15)19-12(18-11)8-9-4-6-10(16)7-5-9/h4-7H,2-3,8H2,1H3. The monoisotopic (exact) mass is 390 g/mol. The number of benzene rings is 1. The van der Waals surface area contributed by atoms with Crippen LogP contribution in [-0.2, 0) is 12.8 Å². The molecule has 0 atom stereocenters. The molecule has 0 aliphatic heterocycles. The van der Waals surface area contributed by atoms with Gasteiger partial charge in [-0.25, -0.2) is 14.4 Å². The Morgan fingerprint density at radius 1 is 1.21 bits per heavy atom. The van der Waals surface area contributed by atoms with Gasteiger partial charge < -0.3 is 0 Å². The molecule has 0 aliphatic rings. The quantitative estimate of drug-likeness (QED) is 0.571. The molecule has 0 unspecified atom stereocenters. The van der Waals surface area contributed by atoms with Gasteiger partial charge >= 0.3 is 0 Å². The Kier molecular flexibility index (Phi) is 5.10. The summed E-state index contributed by atoms with van der Waals surface area (Å²) < 4.78 is 13.8. The lowest BCUT2D eigenvalue weighted by Crippen LogP contribution is -2.04. The molecule has 0 spiro atoms. The topological polar surface area (TPSA) is 25.8 Å². The van der Waals surface area contributed by atoms with Crippen molar-refractivity contribution < 1.29 is 4.39 Å². The molecule has 1 aromatic carbocycles. The zero-order chi connectivity index (χ0) is 13.8. The number of aromatic nitrogens is 2. The highest BCUT2D eigenvalue weighted by atomic mass is 127. The van der Waals surface area contributed by atoms with Gasteiger partial charge in [0.1, 0.15) is 16.8 Å². The number of nitrogens with zero attached hydrogens (tertiary/aromatic N) is 2. The minimum absolute atomic E-state index is 0.239. The van der Waals surface area contributed by atoms with Gasteiger partial charge in [-0.15, -0.1) is 0 Å². The molecule has 0 N–H and O–H groups in total. The van der Waals surface area contributed by atoms with E-state index in [1.165, 1.54) is 12.1 Å². The third-order valence-electron chi connectivity index (χ3n) is 2.69. The molecule has 0 amide bonds. The minimum atomic E-state index is -0.239. The normalized spacial score (nSPS) is 10.7. The Balaban J connectivity index is 2.27. The van der Waals surface area contributed by atoms with Crippen molar-refractivity contribution in [3.05, 3.63) is 55.9 Å². The Hall–Kier alpha value is -0.750. The molecule has 1 aromatic heterocycles. The zero-order valence-corrected chi connectivity index (χ0v) is 13.4. The van der Waals surface area contributed by atoms with Crippen LogP contribution in [0.4, 0.5) is 4.39 Å². The molecule has 0 aliphatic carbocycles. The molecule has 1 heterocycles. The van der Waals surface area contributed by atoms with E-state index in [-0.39, 0.29) is 5.82 Å². The van der Waals surface area contributed by atoms with Crippen LogP contribution < -0.4 is 0 Å². The van der Waals surface area contributed by atoms with Gasteiger partial charge in [0.05, 0.1) is 9.26 Å². The summed E-state index contributed by atoms with van der Waals surface area (Å²) >= 11 is 8.30. The average molecular weight is 391 g/mol.